The highest BCUT2D eigenvalue weighted by Crippen LogP contribution is 2.13. The summed E-state index contributed by atoms with van der Waals surface area (Å²) in [6.45, 7) is 3.81. The highest BCUT2D eigenvalue weighted by molar-refractivity contribution is 4.91. The molecule has 0 bridgehead atoms. The third-order valence-electron chi connectivity index (χ3n) is 2.30. The zero-order valence-electron chi connectivity index (χ0n) is 10.5. The summed E-state index contributed by atoms with van der Waals surface area (Å²) in [5.74, 6) is 1.16. The van der Waals surface area contributed by atoms with Crippen molar-refractivity contribution < 1.29 is 14.0 Å². The van der Waals surface area contributed by atoms with Crippen molar-refractivity contribution in [2.24, 2.45) is 5.73 Å². The molecule has 1 heterocycles. The highest BCUT2D eigenvalue weighted by atomic mass is 16.5. The summed E-state index contributed by atoms with van der Waals surface area (Å²) in [5.41, 5.74) is 5.87. The molecule has 0 aliphatic heterocycles. The van der Waals surface area contributed by atoms with Gasteiger partial charge in [0.15, 0.2) is 5.82 Å². The summed E-state index contributed by atoms with van der Waals surface area (Å²) in [6.07, 6.45) is 2.48. The minimum absolute atomic E-state index is 0.157. The van der Waals surface area contributed by atoms with Crippen molar-refractivity contribution in [2.45, 2.75) is 32.2 Å². The van der Waals surface area contributed by atoms with E-state index in [4.69, 9.17) is 19.7 Å². The first-order valence-corrected chi connectivity index (χ1v) is 5.92. The number of methoxy groups -OCH3 is 1. The van der Waals surface area contributed by atoms with Gasteiger partial charge in [-0.25, -0.2) is 0 Å². The van der Waals surface area contributed by atoms with Gasteiger partial charge in [0.2, 0.25) is 5.89 Å². The van der Waals surface area contributed by atoms with Crippen LogP contribution in [0.1, 0.15) is 37.5 Å². The Labute approximate surface area is 101 Å². The molecule has 98 valence electrons. The van der Waals surface area contributed by atoms with Gasteiger partial charge in [0.05, 0.1) is 25.9 Å². The van der Waals surface area contributed by atoms with Crippen molar-refractivity contribution in [1.29, 1.82) is 0 Å². The maximum absolute atomic E-state index is 5.87. The molecule has 0 aromatic carbocycles. The van der Waals surface area contributed by atoms with Crippen LogP contribution in [0.3, 0.4) is 0 Å². The summed E-state index contributed by atoms with van der Waals surface area (Å²) in [4.78, 5) is 4.23. The molecule has 1 aromatic heterocycles. The Hall–Kier alpha value is -0.980. The summed E-state index contributed by atoms with van der Waals surface area (Å²) in [6, 6.07) is -0.157. The smallest absolute Gasteiger partial charge is 0.243 e. The van der Waals surface area contributed by atoms with Gasteiger partial charge in [0, 0.05) is 13.5 Å². The van der Waals surface area contributed by atoms with E-state index in [-0.39, 0.29) is 6.04 Å². The van der Waals surface area contributed by atoms with Crippen molar-refractivity contribution >= 4 is 0 Å². The van der Waals surface area contributed by atoms with Crippen molar-refractivity contribution in [3.8, 4) is 0 Å². The van der Waals surface area contributed by atoms with Gasteiger partial charge >= 0.3 is 0 Å². The van der Waals surface area contributed by atoms with Crippen LogP contribution in [0.25, 0.3) is 0 Å². The Morgan fingerprint density at radius 1 is 1.35 bits per heavy atom. The van der Waals surface area contributed by atoms with Crippen LogP contribution in [-0.4, -0.2) is 37.1 Å². The zero-order valence-corrected chi connectivity index (χ0v) is 10.5. The fourth-order valence-corrected chi connectivity index (χ4v) is 1.36. The number of aromatic nitrogens is 2. The molecule has 0 amide bonds. The number of rotatable bonds is 9. The minimum Gasteiger partial charge on any atom is -0.382 e. The lowest BCUT2D eigenvalue weighted by atomic mass is 10.2. The van der Waals surface area contributed by atoms with Crippen LogP contribution in [0.5, 0.6) is 0 Å². The van der Waals surface area contributed by atoms with Crippen LogP contribution < -0.4 is 5.73 Å². The average molecular weight is 243 g/mol. The van der Waals surface area contributed by atoms with Crippen LogP contribution in [0.2, 0.25) is 0 Å². The fourth-order valence-electron chi connectivity index (χ4n) is 1.36. The number of hydrogen-bond acceptors (Lipinski definition) is 6. The quantitative estimate of drug-likeness (QED) is 0.653. The molecule has 0 fully saturated rings. The van der Waals surface area contributed by atoms with Gasteiger partial charge < -0.3 is 19.7 Å². The van der Waals surface area contributed by atoms with Crippen LogP contribution >= 0.6 is 0 Å². The van der Waals surface area contributed by atoms with E-state index >= 15 is 0 Å². The standard InChI is InChI=1S/C11H21N3O3/c1-3-4-9(12)11-13-10(14-17-11)5-6-16-8-7-15-2/h9H,3-8,12H2,1-2H3. The minimum atomic E-state index is -0.157. The van der Waals surface area contributed by atoms with Crippen LogP contribution in [-0.2, 0) is 15.9 Å². The summed E-state index contributed by atoms with van der Waals surface area (Å²) in [5, 5.41) is 3.86. The van der Waals surface area contributed by atoms with Gasteiger partial charge in [-0.05, 0) is 6.42 Å². The van der Waals surface area contributed by atoms with Gasteiger partial charge in [-0.3, -0.25) is 0 Å². The summed E-state index contributed by atoms with van der Waals surface area (Å²) >= 11 is 0. The number of ether oxygens (including phenoxy) is 2. The molecular formula is C11H21N3O3. The third kappa shape index (κ3) is 5.25. The highest BCUT2D eigenvalue weighted by Gasteiger charge is 2.13. The van der Waals surface area contributed by atoms with E-state index < -0.39 is 0 Å². The van der Waals surface area contributed by atoms with Crippen molar-refractivity contribution in [3.05, 3.63) is 11.7 Å². The van der Waals surface area contributed by atoms with Crippen LogP contribution in [0, 0.1) is 0 Å². The molecule has 17 heavy (non-hydrogen) atoms. The van der Waals surface area contributed by atoms with Gasteiger partial charge in [0.25, 0.3) is 0 Å². The SMILES string of the molecule is CCCC(N)c1nc(CCOCCOC)no1. The largest absolute Gasteiger partial charge is 0.382 e. The Morgan fingerprint density at radius 2 is 2.18 bits per heavy atom. The Morgan fingerprint density at radius 3 is 2.88 bits per heavy atom. The van der Waals surface area contributed by atoms with E-state index in [1.165, 1.54) is 0 Å². The summed E-state index contributed by atoms with van der Waals surface area (Å²) < 4.78 is 15.3. The first-order chi connectivity index (χ1) is 8.27. The van der Waals surface area contributed by atoms with E-state index in [9.17, 15) is 0 Å². The van der Waals surface area contributed by atoms with Crippen molar-refractivity contribution in [1.82, 2.24) is 10.1 Å². The molecule has 0 spiro atoms. The van der Waals surface area contributed by atoms with Gasteiger partial charge in [-0.2, -0.15) is 4.98 Å². The molecule has 0 saturated carbocycles. The number of nitrogens with two attached hydrogens (primary N) is 1. The van der Waals surface area contributed by atoms with Crippen LogP contribution in [0.4, 0.5) is 0 Å². The van der Waals surface area contributed by atoms with Crippen molar-refractivity contribution in [3.63, 3.8) is 0 Å². The second kappa shape index (κ2) is 8.16. The first-order valence-electron chi connectivity index (χ1n) is 5.92. The van der Waals surface area contributed by atoms with E-state index in [0.717, 1.165) is 12.8 Å². The maximum atomic E-state index is 5.87. The molecule has 1 aromatic rings. The molecule has 6 heteroatoms. The van der Waals surface area contributed by atoms with E-state index in [2.05, 4.69) is 17.1 Å². The first kappa shape index (κ1) is 14.1. The van der Waals surface area contributed by atoms with Gasteiger partial charge in [0.1, 0.15) is 0 Å². The van der Waals surface area contributed by atoms with E-state index in [1.807, 2.05) is 0 Å². The lowest BCUT2D eigenvalue weighted by Crippen LogP contribution is -2.10. The van der Waals surface area contributed by atoms with E-state index in [0.29, 0.717) is 38.0 Å². The fraction of sp³-hybridized carbons (Fsp3) is 0.818. The Balaban J connectivity index is 2.25. The average Bonchev–Trinajstić information content (AvgIpc) is 2.78. The molecule has 6 nitrogen and oxygen atoms in total. The Kier molecular flexibility index (Phi) is 6.76. The number of hydrogen-bond donors (Lipinski definition) is 1. The van der Waals surface area contributed by atoms with E-state index in [1.54, 1.807) is 7.11 Å². The molecule has 1 rings (SSSR count). The predicted octanol–water partition coefficient (Wildman–Crippen LogP) is 1.07. The Bertz CT molecular complexity index is 304. The molecule has 0 saturated heterocycles. The molecule has 2 N–H and O–H groups in total. The molecular weight excluding hydrogens is 222 g/mol. The van der Waals surface area contributed by atoms with Gasteiger partial charge in [-0.1, -0.05) is 18.5 Å². The molecule has 0 aliphatic rings. The maximum Gasteiger partial charge on any atom is 0.243 e. The third-order valence-corrected chi connectivity index (χ3v) is 2.30. The lowest BCUT2D eigenvalue weighted by molar-refractivity contribution is 0.0714. The second-order valence-electron chi connectivity index (χ2n) is 3.80. The number of nitrogens with zero attached hydrogens (tertiary/aromatic N) is 2. The molecule has 0 radical (unpaired) electrons. The monoisotopic (exact) mass is 243 g/mol. The topological polar surface area (TPSA) is 83.4 Å². The molecule has 1 atom stereocenters. The predicted molar refractivity (Wildman–Crippen MR) is 62.5 cm³/mol. The normalized spacial score (nSPS) is 12.9. The zero-order chi connectivity index (χ0) is 12.5. The molecule has 0 aliphatic carbocycles. The van der Waals surface area contributed by atoms with Gasteiger partial charge in [-0.15, -0.1) is 0 Å². The summed E-state index contributed by atoms with van der Waals surface area (Å²) in [7, 11) is 1.64. The molecule has 1 unspecified atom stereocenters. The van der Waals surface area contributed by atoms with Crippen molar-refractivity contribution in [2.75, 3.05) is 26.9 Å². The lowest BCUT2D eigenvalue weighted by Gasteiger charge is -2.02. The van der Waals surface area contributed by atoms with Crippen LogP contribution in [0.15, 0.2) is 4.52 Å². The second-order valence-corrected chi connectivity index (χ2v) is 3.80.